The molecule has 2 rings (SSSR count). The molecule has 1 aliphatic rings. The summed E-state index contributed by atoms with van der Waals surface area (Å²) in [7, 11) is 1.42. The number of nitrogen functional groups attached to an aromatic ring is 1. The van der Waals surface area contributed by atoms with E-state index >= 15 is 0 Å². The first kappa shape index (κ1) is 11.0. The van der Waals surface area contributed by atoms with Gasteiger partial charge in [0.1, 0.15) is 0 Å². The van der Waals surface area contributed by atoms with Gasteiger partial charge in [0, 0.05) is 0 Å². The van der Waals surface area contributed by atoms with E-state index < -0.39 is 5.82 Å². The van der Waals surface area contributed by atoms with E-state index in [1.165, 1.54) is 13.2 Å². The Morgan fingerprint density at radius 3 is 2.62 bits per heavy atom. The minimum Gasteiger partial charge on any atom is -0.494 e. The van der Waals surface area contributed by atoms with Crippen molar-refractivity contribution >= 4 is 5.69 Å². The Balaban J connectivity index is 2.23. The summed E-state index contributed by atoms with van der Waals surface area (Å²) >= 11 is 0. The number of nitrogens with two attached hydrogens (primary N) is 1. The third-order valence-corrected chi connectivity index (χ3v) is 2.90. The third kappa shape index (κ3) is 2.05. The van der Waals surface area contributed by atoms with E-state index in [-0.39, 0.29) is 17.6 Å². The van der Waals surface area contributed by atoms with Gasteiger partial charge in [-0.1, -0.05) is 0 Å². The molecule has 1 aromatic rings. The average molecular weight is 225 g/mol. The Morgan fingerprint density at radius 1 is 1.31 bits per heavy atom. The second-order valence-corrected chi connectivity index (χ2v) is 4.02. The maximum absolute atomic E-state index is 13.9. The van der Waals surface area contributed by atoms with Crippen LogP contribution in [-0.2, 0) is 0 Å². The van der Waals surface area contributed by atoms with Gasteiger partial charge in [-0.2, -0.15) is 4.39 Å². The largest absolute Gasteiger partial charge is 0.494 e. The molecule has 0 aliphatic heterocycles. The number of methoxy groups -OCH3 is 1. The van der Waals surface area contributed by atoms with Crippen molar-refractivity contribution in [3.8, 4) is 11.5 Å². The van der Waals surface area contributed by atoms with Crippen LogP contribution in [0.3, 0.4) is 0 Å². The Kier molecular flexibility index (Phi) is 3.17. The van der Waals surface area contributed by atoms with Gasteiger partial charge in [-0.3, -0.25) is 0 Å². The molecule has 0 unspecified atom stereocenters. The highest BCUT2D eigenvalue weighted by molar-refractivity contribution is 5.56. The van der Waals surface area contributed by atoms with Crippen LogP contribution in [0.5, 0.6) is 11.5 Å². The lowest BCUT2D eigenvalue weighted by molar-refractivity contribution is 0.199. The number of rotatable bonds is 3. The Hall–Kier alpha value is -1.45. The summed E-state index contributed by atoms with van der Waals surface area (Å²) in [6.07, 6.45) is 4.29. The molecular formula is C12H16FNO2. The number of benzene rings is 1. The highest BCUT2D eigenvalue weighted by atomic mass is 19.1. The van der Waals surface area contributed by atoms with Crippen molar-refractivity contribution in [2.75, 3.05) is 12.8 Å². The van der Waals surface area contributed by atoms with Crippen molar-refractivity contribution in [1.82, 2.24) is 0 Å². The fraction of sp³-hybridized carbons (Fsp3) is 0.500. The predicted octanol–water partition coefficient (Wildman–Crippen LogP) is 2.74. The topological polar surface area (TPSA) is 44.5 Å². The maximum atomic E-state index is 13.9. The van der Waals surface area contributed by atoms with Crippen LogP contribution in [0, 0.1) is 5.82 Å². The van der Waals surface area contributed by atoms with E-state index in [4.69, 9.17) is 15.2 Å². The van der Waals surface area contributed by atoms with Gasteiger partial charge in [-0.15, -0.1) is 0 Å². The summed E-state index contributed by atoms with van der Waals surface area (Å²) in [6.45, 7) is 0. The van der Waals surface area contributed by atoms with Crippen LogP contribution in [0.15, 0.2) is 12.1 Å². The van der Waals surface area contributed by atoms with Crippen LogP contribution >= 0.6 is 0 Å². The van der Waals surface area contributed by atoms with Crippen molar-refractivity contribution in [3.63, 3.8) is 0 Å². The number of halogens is 1. The van der Waals surface area contributed by atoms with Crippen molar-refractivity contribution in [3.05, 3.63) is 17.9 Å². The summed E-state index contributed by atoms with van der Waals surface area (Å²) in [6, 6.07) is 3.11. The zero-order valence-electron chi connectivity index (χ0n) is 9.33. The molecule has 0 amide bonds. The average Bonchev–Trinajstić information content (AvgIpc) is 2.77. The molecule has 0 atom stereocenters. The molecule has 3 nitrogen and oxygen atoms in total. The molecule has 4 heteroatoms. The number of hydrogen-bond acceptors (Lipinski definition) is 3. The summed E-state index contributed by atoms with van der Waals surface area (Å²) < 4.78 is 24.4. The molecule has 1 aliphatic carbocycles. The molecule has 0 spiro atoms. The minimum absolute atomic E-state index is 0.0870. The van der Waals surface area contributed by atoms with Crippen molar-refractivity contribution in [1.29, 1.82) is 0 Å². The Morgan fingerprint density at radius 2 is 2.00 bits per heavy atom. The maximum Gasteiger partial charge on any atom is 0.208 e. The lowest BCUT2D eigenvalue weighted by Gasteiger charge is -2.16. The first-order valence-electron chi connectivity index (χ1n) is 5.51. The summed E-state index contributed by atoms with van der Waals surface area (Å²) in [5.74, 6) is -0.206. The summed E-state index contributed by atoms with van der Waals surface area (Å²) in [4.78, 5) is 0. The van der Waals surface area contributed by atoms with E-state index in [2.05, 4.69) is 0 Å². The van der Waals surface area contributed by atoms with E-state index in [1.807, 2.05) is 0 Å². The van der Waals surface area contributed by atoms with E-state index in [0.29, 0.717) is 5.69 Å². The normalized spacial score (nSPS) is 16.4. The van der Waals surface area contributed by atoms with Gasteiger partial charge in [0.15, 0.2) is 11.5 Å². The minimum atomic E-state index is -0.505. The van der Waals surface area contributed by atoms with Crippen LogP contribution in [0.2, 0.25) is 0 Å². The number of anilines is 1. The molecule has 0 aromatic heterocycles. The van der Waals surface area contributed by atoms with Gasteiger partial charge < -0.3 is 15.2 Å². The van der Waals surface area contributed by atoms with Crippen LogP contribution in [0.25, 0.3) is 0 Å². The standard InChI is InChI=1S/C12H16FNO2/c1-15-10-7-6-9(14)12(11(10)13)16-8-4-2-3-5-8/h6-8H,2-5,14H2,1H3. The SMILES string of the molecule is COc1ccc(N)c(OC2CCCC2)c1F. The second-order valence-electron chi connectivity index (χ2n) is 4.02. The second kappa shape index (κ2) is 4.60. The van der Waals surface area contributed by atoms with Crippen LogP contribution in [-0.4, -0.2) is 13.2 Å². The molecule has 2 N–H and O–H groups in total. The van der Waals surface area contributed by atoms with E-state index in [0.717, 1.165) is 25.7 Å². The molecule has 1 saturated carbocycles. The smallest absolute Gasteiger partial charge is 0.208 e. The zero-order chi connectivity index (χ0) is 11.5. The molecule has 0 heterocycles. The van der Waals surface area contributed by atoms with Crippen LogP contribution in [0.1, 0.15) is 25.7 Å². The van der Waals surface area contributed by atoms with E-state index in [9.17, 15) is 4.39 Å². The predicted molar refractivity (Wildman–Crippen MR) is 60.2 cm³/mol. The van der Waals surface area contributed by atoms with Crippen LogP contribution < -0.4 is 15.2 Å². The fourth-order valence-electron chi connectivity index (χ4n) is 2.00. The molecule has 88 valence electrons. The Bertz CT molecular complexity index is 376. The lowest BCUT2D eigenvalue weighted by Crippen LogP contribution is -2.13. The molecule has 0 saturated heterocycles. The summed E-state index contributed by atoms with van der Waals surface area (Å²) in [5.41, 5.74) is 6.03. The number of ether oxygens (including phenoxy) is 2. The first-order chi connectivity index (χ1) is 7.72. The van der Waals surface area contributed by atoms with Crippen molar-refractivity contribution in [2.45, 2.75) is 31.8 Å². The fourth-order valence-corrected chi connectivity index (χ4v) is 2.00. The molecule has 1 aromatic carbocycles. The van der Waals surface area contributed by atoms with Gasteiger partial charge in [-0.25, -0.2) is 0 Å². The summed E-state index contributed by atoms with van der Waals surface area (Å²) in [5, 5.41) is 0. The van der Waals surface area contributed by atoms with Crippen LogP contribution in [0.4, 0.5) is 10.1 Å². The lowest BCUT2D eigenvalue weighted by atomic mass is 10.2. The monoisotopic (exact) mass is 225 g/mol. The van der Waals surface area contributed by atoms with Gasteiger partial charge in [0.25, 0.3) is 0 Å². The van der Waals surface area contributed by atoms with Gasteiger partial charge >= 0.3 is 0 Å². The molecule has 16 heavy (non-hydrogen) atoms. The van der Waals surface area contributed by atoms with Gasteiger partial charge in [-0.05, 0) is 37.8 Å². The third-order valence-electron chi connectivity index (χ3n) is 2.90. The van der Waals surface area contributed by atoms with Crippen molar-refractivity contribution in [2.24, 2.45) is 0 Å². The Labute approximate surface area is 94.3 Å². The molecular weight excluding hydrogens is 209 g/mol. The molecule has 0 bridgehead atoms. The first-order valence-corrected chi connectivity index (χ1v) is 5.51. The van der Waals surface area contributed by atoms with Gasteiger partial charge in [0.2, 0.25) is 5.82 Å². The number of hydrogen-bond donors (Lipinski definition) is 1. The highest BCUT2D eigenvalue weighted by Crippen LogP contribution is 2.35. The molecule has 1 fully saturated rings. The highest BCUT2D eigenvalue weighted by Gasteiger charge is 2.21. The quantitative estimate of drug-likeness (QED) is 0.804. The van der Waals surface area contributed by atoms with E-state index in [1.54, 1.807) is 6.07 Å². The zero-order valence-corrected chi connectivity index (χ0v) is 9.33. The van der Waals surface area contributed by atoms with Gasteiger partial charge in [0.05, 0.1) is 18.9 Å². The van der Waals surface area contributed by atoms with Crippen molar-refractivity contribution < 1.29 is 13.9 Å². The molecule has 0 radical (unpaired) electrons.